The van der Waals surface area contributed by atoms with Crippen molar-refractivity contribution in [3.05, 3.63) is 83.8 Å². The van der Waals surface area contributed by atoms with Gasteiger partial charge in [-0.1, -0.05) is 31.9 Å². The molecule has 6 heteroatoms. The van der Waals surface area contributed by atoms with E-state index >= 15 is 0 Å². The molecule has 0 spiro atoms. The lowest BCUT2D eigenvalue weighted by Crippen LogP contribution is -2.14. The average Bonchev–Trinajstić information content (AvgIpc) is 3.62. The number of nitrogens with one attached hydrogen (secondary N) is 1. The summed E-state index contributed by atoms with van der Waals surface area (Å²) in [5.41, 5.74) is 6.53. The van der Waals surface area contributed by atoms with Gasteiger partial charge in [-0.25, -0.2) is 9.37 Å². The molecule has 0 saturated heterocycles. The quantitative estimate of drug-likeness (QED) is 0.333. The molecule has 2 aromatic carbocycles. The largest absolute Gasteiger partial charge is 0.459 e. The minimum absolute atomic E-state index is 0.271. The van der Waals surface area contributed by atoms with Crippen LogP contribution in [0, 0.1) is 12.7 Å². The number of nitrogens with zero attached hydrogens (tertiary/aromatic N) is 2. The third-order valence-electron chi connectivity index (χ3n) is 6.80. The molecular formula is C28H28FN3O2. The maximum Gasteiger partial charge on any atom is 0.291 e. The van der Waals surface area contributed by atoms with Crippen molar-refractivity contribution in [2.24, 2.45) is 0 Å². The Morgan fingerprint density at radius 1 is 1.15 bits per heavy atom. The molecule has 0 unspecified atom stereocenters. The zero-order valence-electron chi connectivity index (χ0n) is 19.5. The zero-order chi connectivity index (χ0) is 23.7. The third kappa shape index (κ3) is 4.04. The van der Waals surface area contributed by atoms with Crippen molar-refractivity contribution in [3.8, 4) is 22.5 Å². The fourth-order valence-electron chi connectivity index (χ4n) is 4.98. The molecule has 174 valence electrons. The number of imidazole rings is 1. The standard InChI is InChI=1S/C28H28FN3O2/c1-3-19-12-15-23(18(2)25(19)31-28(33)24-9-6-16-34-24)27-26(20-10-13-21(29)14-11-20)30-17-32(27)22-7-4-5-8-22/h6,9-17,22H,3-5,7-8H2,1-2H3,(H,31,33). The van der Waals surface area contributed by atoms with Gasteiger partial charge in [-0.3, -0.25) is 4.79 Å². The Morgan fingerprint density at radius 2 is 1.91 bits per heavy atom. The Kier molecular flexibility index (Phi) is 6.05. The van der Waals surface area contributed by atoms with E-state index in [9.17, 15) is 9.18 Å². The summed E-state index contributed by atoms with van der Waals surface area (Å²) in [7, 11) is 0. The van der Waals surface area contributed by atoms with Gasteiger partial charge in [0.1, 0.15) is 5.82 Å². The number of amides is 1. The van der Waals surface area contributed by atoms with Gasteiger partial charge in [0.25, 0.3) is 5.91 Å². The number of halogens is 1. The molecule has 34 heavy (non-hydrogen) atoms. The second kappa shape index (κ2) is 9.29. The van der Waals surface area contributed by atoms with E-state index in [1.165, 1.54) is 31.2 Å². The molecule has 2 heterocycles. The summed E-state index contributed by atoms with van der Waals surface area (Å²) in [6.45, 7) is 4.11. The fourth-order valence-corrected chi connectivity index (χ4v) is 4.98. The molecule has 1 aliphatic rings. The number of anilines is 1. The molecule has 5 rings (SSSR count). The molecule has 4 aromatic rings. The van der Waals surface area contributed by atoms with Crippen molar-refractivity contribution >= 4 is 11.6 Å². The van der Waals surface area contributed by atoms with Crippen molar-refractivity contribution in [1.29, 1.82) is 0 Å². The lowest BCUT2D eigenvalue weighted by atomic mass is 9.95. The molecule has 2 aromatic heterocycles. The Hall–Kier alpha value is -3.67. The number of benzene rings is 2. The average molecular weight is 458 g/mol. The number of aryl methyl sites for hydroxylation is 1. The zero-order valence-corrected chi connectivity index (χ0v) is 19.5. The van der Waals surface area contributed by atoms with Gasteiger partial charge < -0.3 is 14.3 Å². The SMILES string of the molecule is CCc1ccc(-c2c(-c3ccc(F)cc3)ncn2C2CCCC2)c(C)c1NC(=O)c1ccco1. The van der Waals surface area contributed by atoms with Crippen LogP contribution in [0.1, 0.15) is 60.3 Å². The van der Waals surface area contributed by atoms with E-state index in [1.807, 2.05) is 13.3 Å². The van der Waals surface area contributed by atoms with Gasteiger partial charge >= 0.3 is 0 Å². The Balaban J connectivity index is 1.66. The number of hydrogen-bond donors (Lipinski definition) is 1. The first-order chi connectivity index (χ1) is 16.6. The highest BCUT2D eigenvalue weighted by Crippen LogP contribution is 2.41. The normalized spacial score (nSPS) is 14.0. The van der Waals surface area contributed by atoms with Crippen molar-refractivity contribution in [2.75, 3.05) is 5.32 Å². The van der Waals surface area contributed by atoms with E-state index in [0.717, 1.165) is 58.6 Å². The molecule has 0 bridgehead atoms. The van der Waals surface area contributed by atoms with Gasteiger partial charge in [-0.05, 0) is 73.7 Å². The minimum Gasteiger partial charge on any atom is -0.459 e. The molecule has 1 aliphatic carbocycles. The molecule has 1 saturated carbocycles. The Labute approximate surface area is 198 Å². The predicted octanol–water partition coefficient (Wildman–Crippen LogP) is 7.19. The lowest BCUT2D eigenvalue weighted by molar-refractivity contribution is 0.0996. The molecule has 0 atom stereocenters. The Morgan fingerprint density at radius 3 is 2.59 bits per heavy atom. The molecule has 1 fully saturated rings. The molecule has 0 aliphatic heterocycles. The van der Waals surface area contributed by atoms with Crippen molar-refractivity contribution in [2.45, 2.75) is 52.0 Å². The number of furan rings is 1. The summed E-state index contributed by atoms with van der Waals surface area (Å²) < 4.78 is 21.2. The molecule has 0 radical (unpaired) electrons. The maximum atomic E-state index is 13.6. The van der Waals surface area contributed by atoms with Crippen LogP contribution in [0.15, 0.2) is 65.5 Å². The summed E-state index contributed by atoms with van der Waals surface area (Å²) in [5, 5.41) is 3.08. The number of hydrogen-bond acceptors (Lipinski definition) is 3. The number of aromatic nitrogens is 2. The number of carbonyl (C=O) groups excluding carboxylic acids is 1. The highest BCUT2D eigenvalue weighted by Gasteiger charge is 2.26. The monoisotopic (exact) mass is 457 g/mol. The van der Waals surface area contributed by atoms with E-state index in [2.05, 4.69) is 28.9 Å². The molecular weight excluding hydrogens is 429 g/mol. The van der Waals surface area contributed by atoms with Crippen molar-refractivity contribution in [1.82, 2.24) is 9.55 Å². The van der Waals surface area contributed by atoms with Crippen molar-refractivity contribution < 1.29 is 13.6 Å². The van der Waals surface area contributed by atoms with Gasteiger partial charge in [-0.2, -0.15) is 0 Å². The van der Waals surface area contributed by atoms with Crippen LogP contribution < -0.4 is 5.32 Å². The first kappa shape index (κ1) is 22.1. The molecule has 1 N–H and O–H groups in total. The third-order valence-corrected chi connectivity index (χ3v) is 6.80. The first-order valence-corrected chi connectivity index (χ1v) is 11.9. The fraction of sp³-hybridized carbons (Fsp3) is 0.286. The molecule has 1 amide bonds. The van der Waals surface area contributed by atoms with E-state index < -0.39 is 0 Å². The van der Waals surface area contributed by atoms with Gasteiger partial charge in [-0.15, -0.1) is 0 Å². The van der Waals surface area contributed by atoms with E-state index in [4.69, 9.17) is 9.40 Å². The second-order valence-electron chi connectivity index (χ2n) is 8.85. The van der Waals surface area contributed by atoms with Crippen LogP contribution >= 0.6 is 0 Å². The van der Waals surface area contributed by atoms with Crippen molar-refractivity contribution in [3.63, 3.8) is 0 Å². The summed E-state index contributed by atoms with van der Waals surface area (Å²) in [6.07, 6.45) is 8.81. The van der Waals surface area contributed by atoms with Crippen LogP contribution in [0.3, 0.4) is 0 Å². The van der Waals surface area contributed by atoms with Crippen LogP contribution in [-0.2, 0) is 6.42 Å². The highest BCUT2D eigenvalue weighted by atomic mass is 19.1. The summed E-state index contributed by atoms with van der Waals surface area (Å²) in [5.74, 6) is -0.273. The summed E-state index contributed by atoms with van der Waals surface area (Å²) in [6, 6.07) is 14.4. The van der Waals surface area contributed by atoms with Crippen LogP contribution in [0.2, 0.25) is 0 Å². The van der Waals surface area contributed by atoms with Crippen LogP contribution in [-0.4, -0.2) is 15.5 Å². The molecule has 5 nitrogen and oxygen atoms in total. The van der Waals surface area contributed by atoms with Crippen LogP contribution in [0.5, 0.6) is 0 Å². The number of rotatable bonds is 6. The first-order valence-electron chi connectivity index (χ1n) is 11.9. The Bertz CT molecular complexity index is 1300. The topological polar surface area (TPSA) is 60.1 Å². The van der Waals surface area contributed by atoms with E-state index in [-0.39, 0.29) is 17.5 Å². The van der Waals surface area contributed by atoms with E-state index in [1.54, 1.807) is 24.3 Å². The highest BCUT2D eigenvalue weighted by molar-refractivity contribution is 6.04. The van der Waals surface area contributed by atoms with Gasteiger partial charge in [0.2, 0.25) is 0 Å². The van der Waals surface area contributed by atoms with Crippen LogP contribution in [0.4, 0.5) is 10.1 Å². The summed E-state index contributed by atoms with van der Waals surface area (Å²) >= 11 is 0. The van der Waals surface area contributed by atoms with Gasteiger partial charge in [0.15, 0.2) is 5.76 Å². The predicted molar refractivity (Wildman–Crippen MR) is 131 cm³/mol. The number of carbonyl (C=O) groups is 1. The minimum atomic E-state index is -0.275. The summed E-state index contributed by atoms with van der Waals surface area (Å²) in [4.78, 5) is 17.6. The second-order valence-corrected chi connectivity index (χ2v) is 8.85. The van der Waals surface area contributed by atoms with E-state index in [0.29, 0.717) is 6.04 Å². The smallest absolute Gasteiger partial charge is 0.291 e. The van der Waals surface area contributed by atoms with Crippen LogP contribution in [0.25, 0.3) is 22.5 Å². The lowest BCUT2D eigenvalue weighted by Gasteiger charge is -2.21. The van der Waals surface area contributed by atoms with Gasteiger partial charge in [0.05, 0.1) is 24.0 Å². The maximum absolute atomic E-state index is 13.6. The van der Waals surface area contributed by atoms with Gasteiger partial charge in [0, 0.05) is 22.9 Å².